The van der Waals surface area contributed by atoms with Crippen LogP contribution in [0.2, 0.25) is 0 Å². The molecule has 3 unspecified atom stereocenters. The summed E-state index contributed by atoms with van der Waals surface area (Å²) in [6, 6.07) is 9.51. The molecular formula is C25H36N2O5. The van der Waals surface area contributed by atoms with Gasteiger partial charge >= 0.3 is 0 Å². The van der Waals surface area contributed by atoms with Gasteiger partial charge in [-0.25, -0.2) is 0 Å². The van der Waals surface area contributed by atoms with Gasteiger partial charge in [0.1, 0.15) is 12.6 Å². The molecule has 2 aliphatic rings. The van der Waals surface area contributed by atoms with Crippen molar-refractivity contribution >= 4 is 17.9 Å². The van der Waals surface area contributed by atoms with Gasteiger partial charge in [-0.3, -0.25) is 9.59 Å². The van der Waals surface area contributed by atoms with Crippen LogP contribution in [0.15, 0.2) is 36.1 Å². The van der Waals surface area contributed by atoms with Gasteiger partial charge in [0.25, 0.3) is 5.91 Å². The van der Waals surface area contributed by atoms with Crippen molar-refractivity contribution in [1.29, 1.82) is 0 Å². The van der Waals surface area contributed by atoms with E-state index in [1.165, 1.54) is 14.2 Å². The van der Waals surface area contributed by atoms with E-state index in [1.807, 2.05) is 30.3 Å². The SMILES string of the molecule is COC(CNC(=O)CN1C(=O)/C(=C/c2ccccc2)OC2CCC(C(C)(C)C)CC21)OC. The maximum absolute atomic E-state index is 13.4. The summed E-state index contributed by atoms with van der Waals surface area (Å²) in [6.07, 6.45) is 3.86. The zero-order chi connectivity index (χ0) is 23.3. The number of benzene rings is 1. The Morgan fingerprint density at radius 1 is 1.22 bits per heavy atom. The molecule has 7 nitrogen and oxygen atoms in total. The number of carbonyl (C=O) groups is 2. The number of fused-ring (bicyclic) bond motifs is 1. The van der Waals surface area contributed by atoms with Crippen LogP contribution in [-0.4, -0.2) is 62.5 Å². The topological polar surface area (TPSA) is 77.1 Å². The summed E-state index contributed by atoms with van der Waals surface area (Å²) < 4.78 is 16.5. The van der Waals surface area contributed by atoms with Crippen molar-refractivity contribution in [3.8, 4) is 0 Å². The van der Waals surface area contributed by atoms with Gasteiger partial charge in [-0.05, 0) is 42.2 Å². The van der Waals surface area contributed by atoms with E-state index in [0.29, 0.717) is 11.7 Å². The van der Waals surface area contributed by atoms with Crippen LogP contribution < -0.4 is 5.32 Å². The lowest BCUT2D eigenvalue weighted by Crippen LogP contribution is -2.59. The highest BCUT2D eigenvalue weighted by atomic mass is 16.7. The maximum atomic E-state index is 13.4. The monoisotopic (exact) mass is 444 g/mol. The predicted molar refractivity (Wildman–Crippen MR) is 122 cm³/mol. The zero-order valence-electron chi connectivity index (χ0n) is 19.8. The molecule has 1 aliphatic carbocycles. The van der Waals surface area contributed by atoms with Crippen molar-refractivity contribution in [3.63, 3.8) is 0 Å². The molecule has 0 spiro atoms. The van der Waals surface area contributed by atoms with Crippen molar-refractivity contribution in [2.75, 3.05) is 27.3 Å². The number of methoxy groups -OCH3 is 2. The third kappa shape index (κ3) is 5.90. The van der Waals surface area contributed by atoms with Crippen molar-refractivity contribution in [3.05, 3.63) is 41.7 Å². The zero-order valence-corrected chi connectivity index (χ0v) is 19.8. The first kappa shape index (κ1) is 24.3. The number of hydrogen-bond donors (Lipinski definition) is 1. The van der Waals surface area contributed by atoms with Crippen molar-refractivity contribution < 1.29 is 23.8 Å². The average molecular weight is 445 g/mol. The molecule has 1 saturated heterocycles. The molecule has 176 valence electrons. The largest absolute Gasteiger partial charge is 0.482 e. The van der Waals surface area contributed by atoms with E-state index in [9.17, 15) is 9.59 Å². The first-order chi connectivity index (χ1) is 15.2. The minimum Gasteiger partial charge on any atom is -0.482 e. The summed E-state index contributed by atoms with van der Waals surface area (Å²) in [7, 11) is 3.04. The molecule has 1 aromatic carbocycles. The van der Waals surface area contributed by atoms with E-state index in [-0.39, 0.29) is 42.5 Å². The Kier molecular flexibility index (Phi) is 7.96. The Labute approximate surface area is 191 Å². The van der Waals surface area contributed by atoms with Gasteiger partial charge in [-0.15, -0.1) is 0 Å². The first-order valence-electron chi connectivity index (χ1n) is 11.3. The summed E-state index contributed by atoms with van der Waals surface area (Å²) >= 11 is 0. The van der Waals surface area contributed by atoms with Crippen LogP contribution >= 0.6 is 0 Å². The molecule has 2 fully saturated rings. The fourth-order valence-electron chi connectivity index (χ4n) is 4.53. The van der Waals surface area contributed by atoms with Crippen LogP contribution in [0.25, 0.3) is 6.08 Å². The Hall–Kier alpha value is -2.38. The normalized spacial score (nSPS) is 24.9. The minimum atomic E-state index is -0.527. The predicted octanol–water partition coefficient (Wildman–Crippen LogP) is 3.20. The van der Waals surface area contributed by atoms with Crippen LogP contribution in [0.1, 0.15) is 45.6 Å². The van der Waals surface area contributed by atoms with E-state index in [2.05, 4.69) is 26.1 Å². The van der Waals surface area contributed by atoms with Crippen LogP contribution in [0, 0.1) is 11.3 Å². The van der Waals surface area contributed by atoms with E-state index >= 15 is 0 Å². The quantitative estimate of drug-likeness (QED) is 0.516. The smallest absolute Gasteiger partial charge is 0.289 e. The molecule has 2 amide bonds. The Morgan fingerprint density at radius 2 is 1.91 bits per heavy atom. The number of nitrogens with zero attached hydrogens (tertiary/aromatic N) is 1. The number of amides is 2. The van der Waals surface area contributed by atoms with Crippen LogP contribution in [0.4, 0.5) is 0 Å². The number of nitrogens with one attached hydrogen (secondary N) is 1. The van der Waals surface area contributed by atoms with E-state index in [1.54, 1.807) is 11.0 Å². The lowest BCUT2D eigenvalue weighted by molar-refractivity contribution is -0.155. The maximum Gasteiger partial charge on any atom is 0.289 e. The molecule has 1 aromatic rings. The van der Waals surface area contributed by atoms with Crippen molar-refractivity contribution in [2.45, 2.75) is 58.5 Å². The molecule has 1 aliphatic heterocycles. The fraction of sp³-hybridized carbons (Fsp3) is 0.600. The first-order valence-corrected chi connectivity index (χ1v) is 11.3. The molecule has 7 heteroatoms. The van der Waals surface area contributed by atoms with Gasteiger partial charge in [0.05, 0.1) is 12.6 Å². The van der Waals surface area contributed by atoms with E-state index < -0.39 is 6.29 Å². The highest BCUT2D eigenvalue weighted by Crippen LogP contribution is 2.42. The molecule has 1 saturated carbocycles. The standard InChI is InChI=1S/C25H36N2O5/c1-25(2,3)18-11-12-20-19(14-18)27(16-22(28)26-15-23(30-4)31-5)24(29)21(32-20)13-17-9-7-6-8-10-17/h6-10,13,18-20,23H,11-12,14-16H2,1-5H3,(H,26,28)/b21-13-. The second-order valence-corrected chi connectivity index (χ2v) is 9.66. The van der Waals surface area contributed by atoms with Crippen molar-refractivity contribution in [1.82, 2.24) is 10.2 Å². The molecule has 3 atom stereocenters. The summed E-state index contributed by atoms with van der Waals surface area (Å²) in [6.45, 7) is 6.90. The Balaban J connectivity index is 1.81. The van der Waals surface area contributed by atoms with Crippen molar-refractivity contribution in [2.24, 2.45) is 11.3 Å². The highest BCUT2D eigenvalue weighted by Gasteiger charge is 2.46. The number of morpholine rings is 1. The summed E-state index contributed by atoms with van der Waals surface area (Å²) in [5.74, 6) is 0.271. The molecule has 3 rings (SSSR count). The van der Waals surface area contributed by atoms with Gasteiger partial charge in [0.2, 0.25) is 5.91 Å². The summed E-state index contributed by atoms with van der Waals surface area (Å²) in [4.78, 5) is 27.9. The molecular weight excluding hydrogens is 408 g/mol. The van der Waals surface area contributed by atoms with Gasteiger partial charge in [-0.1, -0.05) is 51.1 Å². The van der Waals surface area contributed by atoms with Gasteiger partial charge in [-0.2, -0.15) is 0 Å². The van der Waals surface area contributed by atoms with E-state index in [4.69, 9.17) is 14.2 Å². The minimum absolute atomic E-state index is 0.0213. The second kappa shape index (κ2) is 10.5. The second-order valence-electron chi connectivity index (χ2n) is 9.66. The van der Waals surface area contributed by atoms with Crippen LogP contribution in [0.5, 0.6) is 0 Å². The summed E-state index contributed by atoms with van der Waals surface area (Å²) in [5.41, 5.74) is 1.02. The van der Waals surface area contributed by atoms with E-state index in [0.717, 1.165) is 24.8 Å². The van der Waals surface area contributed by atoms with Gasteiger partial charge < -0.3 is 24.4 Å². The molecule has 0 aromatic heterocycles. The average Bonchev–Trinajstić information content (AvgIpc) is 2.77. The lowest BCUT2D eigenvalue weighted by Gasteiger charge is -2.48. The van der Waals surface area contributed by atoms with Crippen LogP contribution in [0.3, 0.4) is 0 Å². The Morgan fingerprint density at radius 3 is 2.53 bits per heavy atom. The molecule has 32 heavy (non-hydrogen) atoms. The lowest BCUT2D eigenvalue weighted by atomic mass is 9.69. The third-order valence-corrected chi connectivity index (χ3v) is 6.53. The molecule has 1 heterocycles. The molecule has 0 bridgehead atoms. The number of ether oxygens (including phenoxy) is 3. The molecule has 0 radical (unpaired) electrons. The number of rotatable bonds is 7. The Bertz CT molecular complexity index is 813. The highest BCUT2D eigenvalue weighted by molar-refractivity contribution is 5.98. The number of hydrogen-bond acceptors (Lipinski definition) is 5. The number of carbonyl (C=O) groups excluding carboxylic acids is 2. The fourth-order valence-corrected chi connectivity index (χ4v) is 4.53. The van der Waals surface area contributed by atoms with Crippen LogP contribution in [-0.2, 0) is 23.8 Å². The molecule has 1 N–H and O–H groups in total. The summed E-state index contributed by atoms with van der Waals surface area (Å²) in [5, 5.41) is 2.81. The van der Waals surface area contributed by atoms with Gasteiger partial charge in [0.15, 0.2) is 12.0 Å². The third-order valence-electron chi connectivity index (χ3n) is 6.53. The van der Waals surface area contributed by atoms with Gasteiger partial charge in [0, 0.05) is 14.2 Å².